The summed E-state index contributed by atoms with van der Waals surface area (Å²) in [5.41, 5.74) is 4.81. The van der Waals surface area contributed by atoms with Crippen LogP contribution >= 0.6 is 12.2 Å². The van der Waals surface area contributed by atoms with E-state index >= 15 is 0 Å². The molecule has 10 heteroatoms. The quantitative estimate of drug-likeness (QED) is 0.467. The molecule has 0 aliphatic carbocycles. The summed E-state index contributed by atoms with van der Waals surface area (Å²) in [4.78, 5) is 16.2. The molecule has 0 radical (unpaired) electrons. The van der Waals surface area contributed by atoms with Gasteiger partial charge < -0.3 is 4.90 Å². The third-order valence-electron chi connectivity index (χ3n) is 3.56. The molecule has 0 atom stereocenters. The van der Waals surface area contributed by atoms with Crippen LogP contribution in [0.2, 0.25) is 0 Å². The van der Waals surface area contributed by atoms with Crippen molar-refractivity contribution >= 4 is 33.3 Å². The second-order valence-electron chi connectivity index (χ2n) is 5.50. The van der Waals surface area contributed by atoms with Crippen LogP contribution in [0.1, 0.15) is 0 Å². The summed E-state index contributed by atoms with van der Waals surface area (Å²) in [5, 5.41) is -0.189. The van der Waals surface area contributed by atoms with Crippen molar-refractivity contribution in [2.45, 2.75) is 4.90 Å². The molecule has 1 heterocycles. The number of thiocarbonyl (C=S) groups is 1. The number of carbonyl (C=O) groups is 1. The van der Waals surface area contributed by atoms with E-state index in [4.69, 9.17) is 12.2 Å². The third-order valence-corrected chi connectivity index (χ3v) is 5.26. The molecular weight excluding hydrogens is 350 g/mol. The van der Waals surface area contributed by atoms with E-state index < -0.39 is 10.0 Å². The van der Waals surface area contributed by atoms with Crippen molar-refractivity contribution in [3.05, 3.63) is 30.3 Å². The predicted octanol–water partition coefficient (Wildman–Crippen LogP) is -0.882. The highest BCUT2D eigenvalue weighted by Crippen LogP contribution is 2.06. The maximum atomic E-state index is 12.1. The Hall–Kier alpha value is -1.75. The number of rotatable bonds is 4. The maximum Gasteiger partial charge on any atom is 0.263 e. The van der Waals surface area contributed by atoms with Crippen LogP contribution in [0.25, 0.3) is 0 Å². The molecule has 1 aliphatic heterocycles. The molecular formula is C14H21N5O3S2. The molecule has 24 heavy (non-hydrogen) atoms. The Balaban J connectivity index is 1.75. The monoisotopic (exact) mass is 371 g/mol. The van der Waals surface area contributed by atoms with E-state index in [9.17, 15) is 13.2 Å². The Morgan fingerprint density at radius 1 is 1.12 bits per heavy atom. The van der Waals surface area contributed by atoms with Crippen LogP contribution in [-0.4, -0.2) is 69.0 Å². The van der Waals surface area contributed by atoms with Gasteiger partial charge in [0.2, 0.25) is 0 Å². The molecule has 0 unspecified atom stereocenters. The normalized spacial score (nSPS) is 16.4. The maximum absolute atomic E-state index is 12.1. The number of hydrazine groups is 1. The van der Waals surface area contributed by atoms with Crippen molar-refractivity contribution < 1.29 is 13.2 Å². The Kier molecular flexibility index (Phi) is 6.49. The van der Waals surface area contributed by atoms with Crippen LogP contribution in [-0.2, 0) is 14.8 Å². The highest BCUT2D eigenvalue weighted by atomic mass is 32.2. The zero-order valence-corrected chi connectivity index (χ0v) is 15.0. The lowest BCUT2D eigenvalue weighted by Gasteiger charge is -2.31. The SMILES string of the molecule is CN1CCN(CC(=O)NNC(=S)NS(=O)(=O)c2ccccc2)CC1. The van der Waals surface area contributed by atoms with Crippen molar-refractivity contribution in [2.75, 3.05) is 39.8 Å². The molecule has 2 rings (SSSR count). The first-order chi connectivity index (χ1) is 11.4. The van der Waals surface area contributed by atoms with Gasteiger partial charge in [0.25, 0.3) is 15.9 Å². The van der Waals surface area contributed by atoms with E-state index in [1.165, 1.54) is 12.1 Å². The van der Waals surface area contributed by atoms with Crippen LogP contribution in [0.4, 0.5) is 0 Å². The lowest BCUT2D eigenvalue weighted by Crippen LogP contribution is -2.53. The van der Waals surface area contributed by atoms with Gasteiger partial charge in [-0.25, -0.2) is 8.42 Å². The number of nitrogens with zero attached hydrogens (tertiary/aromatic N) is 2. The Morgan fingerprint density at radius 2 is 1.75 bits per heavy atom. The summed E-state index contributed by atoms with van der Waals surface area (Å²) in [6.07, 6.45) is 0. The van der Waals surface area contributed by atoms with Gasteiger partial charge in [0, 0.05) is 26.2 Å². The van der Waals surface area contributed by atoms with Gasteiger partial charge >= 0.3 is 0 Å². The van der Waals surface area contributed by atoms with E-state index in [1.54, 1.807) is 18.2 Å². The summed E-state index contributed by atoms with van der Waals surface area (Å²) in [6.45, 7) is 3.69. The van der Waals surface area contributed by atoms with Crippen molar-refractivity contribution in [3.8, 4) is 0 Å². The second kappa shape index (κ2) is 8.38. The molecule has 0 aromatic heterocycles. The number of sulfonamides is 1. The van der Waals surface area contributed by atoms with Gasteiger partial charge in [0.1, 0.15) is 0 Å². The second-order valence-corrected chi connectivity index (χ2v) is 7.59. The fourth-order valence-electron chi connectivity index (χ4n) is 2.18. The van der Waals surface area contributed by atoms with Gasteiger partial charge in [0.05, 0.1) is 11.4 Å². The molecule has 1 aliphatic rings. The van der Waals surface area contributed by atoms with E-state index in [0.717, 1.165) is 26.2 Å². The van der Waals surface area contributed by atoms with Crippen LogP contribution in [0, 0.1) is 0 Å². The van der Waals surface area contributed by atoms with Gasteiger partial charge in [-0.2, -0.15) is 0 Å². The third kappa shape index (κ3) is 5.71. The van der Waals surface area contributed by atoms with E-state index in [1.807, 2.05) is 11.9 Å². The Morgan fingerprint density at radius 3 is 2.38 bits per heavy atom. The standard InChI is InChI=1S/C14H21N5O3S2/c1-18-7-9-19(10-8-18)11-13(20)15-16-14(23)17-24(21,22)12-5-3-2-4-6-12/h2-6H,7-11H2,1H3,(H,15,20)(H2,16,17,23). The molecule has 1 aromatic rings. The van der Waals surface area contributed by atoms with Crippen molar-refractivity contribution in [2.24, 2.45) is 0 Å². The fraction of sp³-hybridized carbons (Fsp3) is 0.429. The highest BCUT2D eigenvalue weighted by Gasteiger charge is 2.18. The molecule has 0 spiro atoms. The molecule has 0 saturated carbocycles. The number of amides is 1. The molecule has 8 nitrogen and oxygen atoms in total. The summed E-state index contributed by atoms with van der Waals surface area (Å²) >= 11 is 4.90. The predicted molar refractivity (Wildman–Crippen MR) is 94.6 cm³/mol. The summed E-state index contributed by atoms with van der Waals surface area (Å²) in [7, 11) is -1.72. The van der Waals surface area contributed by atoms with Gasteiger partial charge in [-0.05, 0) is 31.4 Å². The van der Waals surface area contributed by atoms with Crippen molar-refractivity contribution in [1.82, 2.24) is 25.4 Å². The first kappa shape index (κ1) is 18.6. The summed E-state index contributed by atoms with van der Waals surface area (Å²) in [6, 6.07) is 7.85. The Labute approximate surface area is 147 Å². The fourth-order valence-corrected chi connectivity index (χ4v) is 3.49. The zero-order valence-electron chi connectivity index (χ0n) is 13.4. The van der Waals surface area contributed by atoms with Crippen molar-refractivity contribution in [3.63, 3.8) is 0 Å². The zero-order chi connectivity index (χ0) is 17.6. The van der Waals surface area contributed by atoms with Gasteiger partial charge in [-0.3, -0.25) is 25.3 Å². The number of piperazine rings is 1. The lowest BCUT2D eigenvalue weighted by atomic mass is 10.3. The van der Waals surface area contributed by atoms with Crippen LogP contribution in [0.5, 0.6) is 0 Å². The highest BCUT2D eigenvalue weighted by molar-refractivity contribution is 7.91. The van der Waals surface area contributed by atoms with E-state index in [0.29, 0.717) is 0 Å². The number of benzene rings is 1. The van der Waals surface area contributed by atoms with E-state index in [-0.39, 0.29) is 22.5 Å². The topological polar surface area (TPSA) is 93.8 Å². The number of likely N-dealkylation sites (N-methyl/N-ethyl adjacent to an activating group) is 1. The average Bonchev–Trinajstić information content (AvgIpc) is 2.56. The first-order valence-corrected chi connectivity index (χ1v) is 9.33. The lowest BCUT2D eigenvalue weighted by molar-refractivity contribution is -0.123. The van der Waals surface area contributed by atoms with Gasteiger partial charge in [-0.1, -0.05) is 18.2 Å². The first-order valence-electron chi connectivity index (χ1n) is 7.44. The molecule has 1 aromatic carbocycles. The largest absolute Gasteiger partial charge is 0.304 e. The van der Waals surface area contributed by atoms with Crippen LogP contribution < -0.4 is 15.6 Å². The minimum Gasteiger partial charge on any atom is -0.304 e. The van der Waals surface area contributed by atoms with Crippen LogP contribution in [0.15, 0.2) is 35.2 Å². The number of hydrogen-bond donors (Lipinski definition) is 3. The number of carbonyl (C=O) groups excluding carboxylic acids is 1. The number of hydrogen-bond acceptors (Lipinski definition) is 6. The molecule has 3 N–H and O–H groups in total. The molecule has 1 saturated heterocycles. The minimum absolute atomic E-state index is 0.0953. The molecule has 0 bridgehead atoms. The smallest absolute Gasteiger partial charge is 0.263 e. The van der Waals surface area contributed by atoms with Crippen LogP contribution in [0.3, 0.4) is 0 Å². The number of nitrogens with one attached hydrogen (secondary N) is 3. The molecule has 1 amide bonds. The van der Waals surface area contributed by atoms with E-state index in [2.05, 4.69) is 20.5 Å². The average molecular weight is 371 g/mol. The summed E-state index contributed by atoms with van der Waals surface area (Å²) in [5.74, 6) is -0.277. The molecule has 132 valence electrons. The molecule has 1 fully saturated rings. The van der Waals surface area contributed by atoms with Gasteiger partial charge in [0.15, 0.2) is 5.11 Å². The van der Waals surface area contributed by atoms with Gasteiger partial charge in [-0.15, -0.1) is 0 Å². The van der Waals surface area contributed by atoms with Crippen molar-refractivity contribution in [1.29, 1.82) is 0 Å². The Bertz CT molecular complexity index is 673. The summed E-state index contributed by atoms with van der Waals surface area (Å²) < 4.78 is 26.3. The minimum atomic E-state index is -3.76.